The number of hydrogen-bond acceptors (Lipinski definition) is 4. The largest absolute Gasteiger partial charge is 0.340 e. The minimum Gasteiger partial charge on any atom is -0.340 e. The average molecular weight is 366 g/mol. The van der Waals surface area contributed by atoms with Gasteiger partial charge in [-0.2, -0.15) is 4.39 Å². The molecule has 0 aliphatic rings. The van der Waals surface area contributed by atoms with Gasteiger partial charge in [0.05, 0.1) is 15.5 Å². The molecule has 2 amide bonds. The van der Waals surface area contributed by atoms with Crippen LogP contribution in [0.2, 0.25) is 5.02 Å². The van der Waals surface area contributed by atoms with Gasteiger partial charge in [-0.15, -0.1) is 0 Å². The molecule has 2 aromatic carbocycles. The molecule has 0 aromatic heterocycles. The van der Waals surface area contributed by atoms with E-state index in [4.69, 9.17) is 11.6 Å². The minimum absolute atomic E-state index is 0.0388. The van der Waals surface area contributed by atoms with Gasteiger partial charge >= 0.3 is 5.69 Å². The third kappa shape index (κ3) is 4.51. The number of nitrogens with one attached hydrogen (secondary N) is 2. The number of rotatable bonds is 5. The number of amides is 2. The molecule has 7 nitrogen and oxygen atoms in total. The normalized spacial score (nSPS) is 11.5. The van der Waals surface area contributed by atoms with Crippen LogP contribution in [0.15, 0.2) is 42.5 Å². The maximum Gasteiger partial charge on any atom is 0.306 e. The summed E-state index contributed by atoms with van der Waals surface area (Å²) in [5.74, 6) is -2.18. The van der Waals surface area contributed by atoms with Crippen LogP contribution in [0.4, 0.5) is 15.8 Å². The van der Waals surface area contributed by atoms with E-state index in [1.54, 1.807) is 18.2 Å². The van der Waals surface area contributed by atoms with Crippen molar-refractivity contribution in [3.05, 3.63) is 69.0 Å². The van der Waals surface area contributed by atoms with Gasteiger partial charge in [0, 0.05) is 11.8 Å². The summed E-state index contributed by atoms with van der Waals surface area (Å²) in [5.41, 5.74) is -0.510. The summed E-state index contributed by atoms with van der Waals surface area (Å²) in [6.45, 7) is 1.43. The van der Waals surface area contributed by atoms with Crippen LogP contribution in [0.5, 0.6) is 0 Å². The topological polar surface area (TPSA) is 101 Å². The molecule has 0 aliphatic carbocycles. The lowest BCUT2D eigenvalue weighted by atomic mass is 10.2. The van der Waals surface area contributed by atoms with E-state index in [0.29, 0.717) is 0 Å². The first-order valence-corrected chi connectivity index (χ1v) is 7.47. The van der Waals surface area contributed by atoms with Crippen LogP contribution in [-0.2, 0) is 4.79 Å². The molecule has 0 saturated heterocycles. The number of halogens is 2. The Labute approximate surface area is 146 Å². The van der Waals surface area contributed by atoms with E-state index in [1.165, 1.54) is 19.1 Å². The summed E-state index contributed by atoms with van der Waals surface area (Å²) in [5, 5.41) is 15.8. The van der Waals surface area contributed by atoms with Crippen LogP contribution in [0, 0.1) is 15.9 Å². The van der Waals surface area contributed by atoms with E-state index >= 15 is 0 Å². The summed E-state index contributed by atoms with van der Waals surface area (Å²) >= 11 is 5.91. The molecule has 0 bridgehead atoms. The zero-order chi connectivity index (χ0) is 18.6. The van der Waals surface area contributed by atoms with Crippen LogP contribution in [0.3, 0.4) is 0 Å². The number of nitro benzene ring substituents is 1. The SMILES string of the molecule is C[C@H](NC(=O)c1ccccc1Cl)C(=O)Nc1ccc(F)c([N+](=O)[O-])c1. The standard InChI is InChI=1S/C16H13ClFN3O4/c1-9(19-16(23)11-4-2-3-5-12(11)17)15(22)20-10-6-7-13(18)14(8-10)21(24)25/h2-9H,1H3,(H,19,23)(H,20,22)/t9-/m0/s1. The van der Waals surface area contributed by atoms with Crippen molar-refractivity contribution in [2.45, 2.75) is 13.0 Å². The fraction of sp³-hybridized carbons (Fsp3) is 0.125. The van der Waals surface area contributed by atoms with Crippen molar-refractivity contribution in [3.8, 4) is 0 Å². The van der Waals surface area contributed by atoms with Crippen LogP contribution < -0.4 is 10.6 Å². The molecule has 1 atom stereocenters. The third-order valence-corrected chi connectivity index (χ3v) is 3.60. The van der Waals surface area contributed by atoms with E-state index in [2.05, 4.69) is 10.6 Å². The summed E-state index contributed by atoms with van der Waals surface area (Å²) in [7, 11) is 0. The zero-order valence-electron chi connectivity index (χ0n) is 13.0. The molecule has 2 aromatic rings. The fourth-order valence-electron chi connectivity index (χ4n) is 1.97. The lowest BCUT2D eigenvalue weighted by molar-refractivity contribution is -0.387. The summed E-state index contributed by atoms with van der Waals surface area (Å²) in [6.07, 6.45) is 0. The Hall–Kier alpha value is -3.00. The smallest absolute Gasteiger partial charge is 0.306 e. The Morgan fingerprint density at radius 3 is 2.56 bits per heavy atom. The van der Waals surface area contributed by atoms with Crippen molar-refractivity contribution >= 4 is 34.8 Å². The van der Waals surface area contributed by atoms with E-state index in [9.17, 15) is 24.1 Å². The third-order valence-electron chi connectivity index (χ3n) is 3.27. The first kappa shape index (κ1) is 18.3. The lowest BCUT2D eigenvalue weighted by Gasteiger charge is -2.14. The van der Waals surface area contributed by atoms with E-state index < -0.39 is 34.3 Å². The van der Waals surface area contributed by atoms with Gasteiger partial charge in [0.25, 0.3) is 5.91 Å². The van der Waals surface area contributed by atoms with Crippen molar-refractivity contribution in [2.75, 3.05) is 5.32 Å². The molecule has 0 spiro atoms. The van der Waals surface area contributed by atoms with Gasteiger partial charge in [0.15, 0.2) is 0 Å². The second kappa shape index (κ2) is 7.71. The maximum absolute atomic E-state index is 13.3. The summed E-state index contributed by atoms with van der Waals surface area (Å²) in [4.78, 5) is 34.0. The number of nitrogens with zero attached hydrogens (tertiary/aromatic N) is 1. The monoisotopic (exact) mass is 365 g/mol. The zero-order valence-corrected chi connectivity index (χ0v) is 13.7. The number of hydrogen-bond donors (Lipinski definition) is 2. The van der Waals surface area contributed by atoms with E-state index in [1.807, 2.05) is 0 Å². The van der Waals surface area contributed by atoms with Crippen LogP contribution in [0.1, 0.15) is 17.3 Å². The van der Waals surface area contributed by atoms with Crippen LogP contribution >= 0.6 is 11.6 Å². The molecule has 0 aliphatic heterocycles. The highest BCUT2D eigenvalue weighted by atomic mass is 35.5. The maximum atomic E-state index is 13.3. The Morgan fingerprint density at radius 1 is 1.24 bits per heavy atom. The van der Waals surface area contributed by atoms with Gasteiger partial charge in [-0.3, -0.25) is 19.7 Å². The molecule has 0 radical (unpaired) electrons. The first-order chi connectivity index (χ1) is 11.8. The second-order valence-corrected chi connectivity index (χ2v) is 5.49. The highest BCUT2D eigenvalue weighted by Crippen LogP contribution is 2.21. The lowest BCUT2D eigenvalue weighted by Crippen LogP contribution is -2.41. The average Bonchev–Trinajstić information content (AvgIpc) is 2.56. The Balaban J connectivity index is 2.06. The molecule has 2 rings (SSSR count). The Kier molecular flexibility index (Phi) is 5.66. The molecule has 0 unspecified atom stereocenters. The number of nitro groups is 1. The second-order valence-electron chi connectivity index (χ2n) is 5.09. The van der Waals surface area contributed by atoms with Crippen molar-refractivity contribution in [1.29, 1.82) is 0 Å². The molecule has 2 N–H and O–H groups in total. The quantitative estimate of drug-likeness (QED) is 0.627. The first-order valence-electron chi connectivity index (χ1n) is 7.10. The van der Waals surface area contributed by atoms with E-state index in [0.717, 1.165) is 12.1 Å². The van der Waals surface area contributed by atoms with Gasteiger partial charge in [0.1, 0.15) is 6.04 Å². The predicted molar refractivity (Wildman–Crippen MR) is 90.1 cm³/mol. The van der Waals surface area contributed by atoms with Gasteiger partial charge in [-0.05, 0) is 31.2 Å². The number of benzene rings is 2. The van der Waals surface area contributed by atoms with Gasteiger partial charge in [-0.25, -0.2) is 0 Å². The summed E-state index contributed by atoms with van der Waals surface area (Å²) in [6, 6.07) is 8.34. The van der Waals surface area contributed by atoms with E-state index in [-0.39, 0.29) is 16.3 Å². The summed E-state index contributed by atoms with van der Waals surface area (Å²) < 4.78 is 13.3. The van der Waals surface area contributed by atoms with Gasteiger partial charge in [-0.1, -0.05) is 23.7 Å². The highest BCUT2D eigenvalue weighted by molar-refractivity contribution is 6.33. The highest BCUT2D eigenvalue weighted by Gasteiger charge is 2.20. The van der Waals surface area contributed by atoms with Crippen LogP contribution in [-0.4, -0.2) is 22.8 Å². The van der Waals surface area contributed by atoms with Crippen LogP contribution in [0.25, 0.3) is 0 Å². The molecule has 25 heavy (non-hydrogen) atoms. The molecule has 9 heteroatoms. The van der Waals surface area contributed by atoms with Gasteiger partial charge in [0.2, 0.25) is 11.7 Å². The number of carbonyl (C=O) groups is 2. The van der Waals surface area contributed by atoms with Crippen molar-refractivity contribution in [2.24, 2.45) is 0 Å². The van der Waals surface area contributed by atoms with Crippen molar-refractivity contribution < 1.29 is 18.9 Å². The Bertz CT molecular complexity index is 844. The predicted octanol–water partition coefficient (Wildman–Crippen LogP) is 3.14. The molecule has 0 heterocycles. The van der Waals surface area contributed by atoms with Gasteiger partial charge < -0.3 is 10.6 Å². The number of anilines is 1. The van der Waals surface area contributed by atoms with Crippen molar-refractivity contribution in [1.82, 2.24) is 5.32 Å². The molecule has 0 fully saturated rings. The number of carbonyl (C=O) groups excluding carboxylic acids is 2. The minimum atomic E-state index is -1.01. The molecular formula is C16H13ClFN3O4. The fourth-order valence-corrected chi connectivity index (χ4v) is 2.19. The molecular weight excluding hydrogens is 353 g/mol. The molecule has 0 saturated carbocycles. The Morgan fingerprint density at radius 2 is 1.92 bits per heavy atom. The van der Waals surface area contributed by atoms with Crippen molar-refractivity contribution in [3.63, 3.8) is 0 Å². The molecule has 130 valence electrons.